The van der Waals surface area contributed by atoms with E-state index in [-0.39, 0.29) is 31.7 Å². The van der Waals surface area contributed by atoms with Gasteiger partial charge in [-0.3, -0.25) is 14.4 Å². The quantitative estimate of drug-likeness (QED) is 0.242. The largest absolute Gasteiger partial charge is 0.508 e. The molecule has 0 fully saturated rings. The van der Waals surface area contributed by atoms with Crippen molar-refractivity contribution < 1.29 is 33.8 Å². The molecular weight excluding hydrogens is 538 g/mol. The van der Waals surface area contributed by atoms with Crippen LogP contribution in [-0.4, -0.2) is 53.2 Å². The fourth-order valence-corrected chi connectivity index (χ4v) is 3.93. The Kier molecular flexibility index (Phi) is 11.5. The Balaban J connectivity index is 1.71. The lowest BCUT2D eigenvalue weighted by atomic mass is 10.0. The number of esters is 1. The Labute approximate surface area is 245 Å². The van der Waals surface area contributed by atoms with Gasteiger partial charge in [0.15, 0.2) is 0 Å². The number of amides is 3. The number of benzene rings is 3. The average molecular weight is 576 g/mol. The van der Waals surface area contributed by atoms with E-state index in [1.165, 1.54) is 12.1 Å². The molecule has 0 aromatic heterocycles. The molecule has 0 saturated heterocycles. The minimum absolute atomic E-state index is 0.0572. The number of hydrogen-bond donors (Lipinski definition) is 4. The van der Waals surface area contributed by atoms with Crippen LogP contribution in [-0.2, 0) is 43.3 Å². The van der Waals surface area contributed by atoms with Gasteiger partial charge in [-0.05, 0) is 49.6 Å². The summed E-state index contributed by atoms with van der Waals surface area (Å²) in [7, 11) is 0. The summed E-state index contributed by atoms with van der Waals surface area (Å²) in [5.41, 5.74) is 1.45. The maximum atomic E-state index is 13.5. The number of nitrogens with one attached hydrogen (secondary N) is 3. The molecule has 0 spiro atoms. The first kappa shape index (κ1) is 31.7. The second kappa shape index (κ2) is 15.2. The highest BCUT2D eigenvalue weighted by Crippen LogP contribution is 2.13. The van der Waals surface area contributed by atoms with Crippen LogP contribution in [0.4, 0.5) is 4.79 Å². The van der Waals surface area contributed by atoms with Crippen LogP contribution in [0.2, 0.25) is 0 Å². The smallest absolute Gasteiger partial charge is 0.408 e. The summed E-state index contributed by atoms with van der Waals surface area (Å²) in [4.78, 5) is 51.6. The molecule has 3 rings (SSSR count). The first-order valence-electron chi connectivity index (χ1n) is 13.6. The van der Waals surface area contributed by atoms with E-state index >= 15 is 0 Å². The predicted molar refractivity (Wildman–Crippen MR) is 156 cm³/mol. The highest BCUT2D eigenvalue weighted by atomic mass is 16.6. The molecule has 10 heteroatoms. The van der Waals surface area contributed by atoms with E-state index in [1.54, 1.807) is 32.9 Å². The Morgan fingerprint density at radius 3 is 1.81 bits per heavy atom. The van der Waals surface area contributed by atoms with Crippen LogP contribution >= 0.6 is 0 Å². The molecule has 222 valence electrons. The molecule has 0 unspecified atom stereocenters. The maximum absolute atomic E-state index is 13.5. The number of carbonyl (C=O) groups is 4. The number of alkyl carbamates (subject to hydrolysis) is 1. The molecule has 4 N–H and O–H groups in total. The van der Waals surface area contributed by atoms with Crippen LogP contribution in [0, 0.1) is 0 Å². The zero-order chi connectivity index (χ0) is 30.5. The van der Waals surface area contributed by atoms with Crippen molar-refractivity contribution in [2.24, 2.45) is 0 Å². The van der Waals surface area contributed by atoms with Gasteiger partial charge >= 0.3 is 12.1 Å². The van der Waals surface area contributed by atoms with Gasteiger partial charge < -0.3 is 30.5 Å². The Morgan fingerprint density at radius 2 is 1.24 bits per heavy atom. The van der Waals surface area contributed by atoms with Gasteiger partial charge in [-0.25, -0.2) is 4.79 Å². The molecule has 0 bridgehead atoms. The van der Waals surface area contributed by atoms with Gasteiger partial charge in [0.05, 0.1) is 0 Å². The summed E-state index contributed by atoms with van der Waals surface area (Å²) in [6.45, 7) is 4.78. The lowest BCUT2D eigenvalue weighted by molar-refractivity contribution is -0.145. The van der Waals surface area contributed by atoms with Gasteiger partial charge in [0.25, 0.3) is 0 Å². The molecule has 42 heavy (non-hydrogen) atoms. The van der Waals surface area contributed by atoms with Crippen molar-refractivity contribution >= 4 is 23.9 Å². The molecule has 3 amide bonds. The molecule has 0 radical (unpaired) electrons. The van der Waals surface area contributed by atoms with E-state index < -0.39 is 41.6 Å². The van der Waals surface area contributed by atoms with Crippen LogP contribution in [0.5, 0.6) is 5.75 Å². The monoisotopic (exact) mass is 575 g/mol. The molecule has 3 aromatic carbocycles. The Bertz CT molecular complexity index is 1320. The molecule has 3 aromatic rings. The molecule has 2 atom stereocenters. The zero-order valence-electron chi connectivity index (χ0n) is 24.0. The van der Waals surface area contributed by atoms with Crippen LogP contribution in [0.25, 0.3) is 0 Å². The highest BCUT2D eigenvalue weighted by molar-refractivity contribution is 5.92. The van der Waals surface area contributed by atoms with Gasteiger partial charge in [0.2, 0.25) is 11.8 Å². The SMILES string of the molecule is CC(C)(C)OC(=O)N[C@@H](Cc1ccc(O)cc1)C(=O)N[C@H](Cc1ccccc1)C(=O)NCC(=O)OCc1ccccc1. The van der Waals surface area contributed by atoms with Crippen LogP contribution in [0.15, 0.2) is 84.9 Å². The summed E-state index contributed by atoms with van der Waals surface area (Å²) < 4.78 is 10.6. The van der Waals surface area contributed by atoms with Crippen LogP contribution in [0.1, 0.15) is 37.5 Å². The fraction of sp³-hybridized carbons (Fsp3) is 0.312. The first-order valence-corrected chi connectivity index (χ1v) is 13.6. The number of ether oxygens (including phenoxy) is 2. The molecule has 10 nitrogen and oxygen atoms in total. The van der Waals surface area contributed by atoms with Crippen molar-refractivity contribution in [3.63, 3.8) is 0 Å². The second-order valence-electron chi connectivity index (χ2n) is 10.7. The fourth-order valence-electron chi connectivity index (χ4n) is 3.93. The van der Waals surface area contributed by atoms with E-state index in [0.29, 0.717) is 5.56 Å². The second-order valence-corrected chi connectivity index (χ2v) is 10.7. The minimum atomic E-state index is -1.11. The van der Waals surface area contributed by atoms with Gasteiger partial charge in [-0.2, -0.15) is 0 Å². The standard InChI is InChI=1S/C32H37N3O7/c1-32(2,3)42-31(40)35-27(19-23-14-16-25(36)17-15-23)30(39)34-26(18-22-10-6-4-7-11-22)29(38)33-20-28(37)41-21-24-12-8-5-9-13-24/h4-17,26-27,36H,18-21H2,1-3H3,(H,33,38)(H,34,39)(H,35,40)/t26-,27+/m1/s1. The lowest BCUT2D eigenvalue weighted by Gasteiger charge is -2.25. The Morgan fingerprint density at radius 1 is 0.714 bits per heavy atom. The van der Waals surface area contributed by atoms with E-state index in [1.807, 2.05) is 60.7 Å². The summed E-state index contributed by atoms with van der Waals surface area (Å²) in [6, 6.07) is 22.2. The number of aromatic hydroxyl groups is 1. The van der Waals surface area contributed by atoms with Gasteiger partial charge in [0.1, 0.15) is 36.6 Å². The third kappa shape index (κ3) is 11.3. The maximum Gasteiger partial charge on any atom is 0.408 e. The van der Waals surface area contributed by atoms with Crippen molar-refractivity contribution in [3.8, 4) is 5.75 Å². The summed E-state index contributed by atoms with van der Waals surface area (Å²) in [6.07, 6.45) is -0.598. The summed E-state index contributed by atoms with van der Waals surface area (Å²) in [5, 5.41) is 17.5. The number of phenolic OH excluding ortho intramolecular Hbond substituents is 1. The lowest BCUT2D eigenvalue weighted by Crippen LogP contribution is -2.55. The van der Waals surface area contributed by atoms with Crippen LogP contribution in [0.3, 0.4) is 0 Å². The van der Waals surface area contributed by atoms with Gasteiger partial charge in [-0.1, -0.05) is 72.8 Å². The normalized spacial score (nSPS) is 12.4. The van der Waals surface area contributed by atoms with Crippen molar-refractivity contribution in [1.29, 1.82) is 0 Å². The zero-order valence-corrected chi connectivity index (χ0v) is 24.0. The van der Waals surface area contributed by atoms with E-state index in [0.717, 1.165) is 11.1 Å². The van der Waals surface area contributed by atoms with Gasteiger partial charge in [-0.15, -0.1) is 0 Å². The summed E-state index contributed by atoms with van der Waals surface area (Å²) in [5.74, 6) is -1.79. The number of phenols is 1. The van der Waals surface area contributed by atoms with Crippen molar-refractivity contribution in [2.45, 2.75) is 57.9 Å². The van der Waals surface area contributed by atoms with Crippen molar-refractivity contribution in [3.05, 3.63) is 102 Å². The van der Waals surface area contributed by atoms with Gasteiger partial charge in [0, 0.05) is 12.8 Å². The third-order valence-electron chi connectivity index (χ3n) is 5.95. The number of hydrogen-bond acceptors (Lipinski definition) is 7. The molecule has 0 aliphatic rings. The summed E-state index contributed by atoms with van der Waals surface area (Å²) >= 11 is 0. The molecular formula is C32H37N3O7. The van der Waals surface area contributed by atoms with Crippen molar-refractivity contribution in [2.75, 3.05) is 6.54 Å². The topological polar surface area (TPSA) is 143 Å². The number of rotatable bonds is 12. The minimum Gasteiger partial charge on any atom is -0.508 e. The Hall–Kier alpha value is -4.86. The third-order valence-corrected chi connectivity index (χ3v) is 5.95. The predicted octanol–water partition coefficient (Wildman–Crippen LogP) is 3.42. The molecule has 0 saturated carbocycles. The van der Waals surface area contributed by atoms with Crippen molar-refractivity contribution in [1.82, 2.24) is 16.0 Å². The van der Waals surface area contributed by atoms with Crippen LogP contribution < -0.4 is 16.0 Å². The van der Waals surface area contributed by atoms with E-state index in [2.05, 4.69) is 16.0 Å². The molecule has 0 heterocycles. The number of carbonyl (C=O) groups excluding carboxylic acids is 4. The van der Waals surface area contributed by atoms with E-state index in [9.17, 15) is 24.3 Å². The van der Waals surface area contributed by atoms with E-state index in [4.69, 9.17) is 9.47 Å². The average Bonchev–Trinajstić information content (AvgIpc) is 2.95. The first-order chi connectivity index (χ1) is 20.0. The highest BCUT2D eigenvalue weighted by Gasteiger charge is 2.29. The molecule has 0 aliphatic carbocycles. The molecule has 0 aliphatic heterocycles.